The Morgan fingerprint density at radius 2 is 1.67 bits per heavy atom. The lowest BCUT2D eigenvalue weighted by Crippen LogP contribution is -1.99. The van der Waals surface area contributed by atoms with Crippen molar-refractivity contribution in [2.45, 2.75) is 9.92 Å². The first-order valence-corrected chi connectivity index (χ1v) is 5.53. The number of benzene rings is 1. The molecule has 0 radical (unpaired) electrons. The summed E-state index contributed by atoms with van der Waals surface area (Å²) < 4.78 is 52.2. The molecule has 2 N–H and O–H groups in total. The Hall–Kier alpha value is -1.76. The third-order valence-electron chi connectivity index (χ3n) is 2.03. The lowest BCUT2D eigenvalue weighted by atomic mass is 10.3. The molecule has 0 atom stereocenters. The van der Waals surface area contributed by atoms with Crippen LogP contribution in [0.1, 0.15) is 0 Å². The molecule has 7 heteroatoms. The Morgan fingerprint density at radius 1 is 0.944 bits per heavy atom. The molecule has 0 unspecified atom stereocenters. The summed E-state index contributed by atoms with van der Waals surface area (Å²) in [5, 5.41) is -0.278. The lowest BCUT2D eigenvalue weighted by molar-refractivity contribution is 0.551. The second-order valence-corrected chi connectivity index (χ2v) is 4.35. The van der Waals surface area contributed by atoms with Gasteiger partial charge in [-0.15, -0.1) is 0 Å². The van der Waals surface area contributed by atoms with E-state index < -0.39 is 29.1 Å². The standard InChI is InChI=1S/C11H6F4N2S/c12-5-1-2-9(6(13)3-5)18-11-8(15)4-7(14)10(16)17-11/h1-4H,(H2,16,17). The highest BCUT2D eigenvalue weighted by molar-refractivity contribution is 7.99. The molecule has 2 nitrogen and oxygen atoms in total. The van der Waals surface area contributed by atoms with E-state index >= 15 is 0 Å². The molecule has 0 amide bonds. The molecule has 0 saturated heterocycles. The molecule has 2 rings (SSSR count). The van der Waals surface area contributed by atoms with Crippen LogP contribution in [0.2, 0.25) is 0 Å². The van der Waals surface area contributed by atoms with Crippen molar-refractivity contribution in [2.24, 2.45) is 0 Å². The topological polar surface area (TPSA) is 38.9 Å². The fourth-order valence-electron chi connectivity index (χ4n) is 1.20. The van der Waals surface area contributed by atoms with Gasteiger partial charge in [0.1, 0.15) is 16.7 Å². The maximum atomic E-state index is 13.4. The van der Waals surface area contributed by atoms with Crippen molar-refractivity contribution in [3.05, 3.63) is 47.5 Å². The van der Waals surface area contributed by atoms with Crippen molar-refractivity contribution in [1.82, 2.24) is 4.98 Å². The van der Waals surface area contributed by atoms with E-state index in [9.17, 15) is 17.6 Å². The number of hydrogen-bond acceptors (Lipinski definition) is 3. The van der Waals surface area contributed by atoms with Crippen LogP contribution >= 0.6 is 11.8 Å². The minimum atomic E-state index is -0.989. The molecule has 0 fully saturated rings. The number of halogens is 4. The zero-order valence-corrected chi connectivity index (χ0v) is 9.57. The van der Waals surface area contributed by atoms with Gasteiger partial charge in [-0.2, -0.15) is 0 Å². The predicted molar refractivity (Wildman–Crippen MR) is 59.0 cm³/mol. The van der Waals surface area contributed by atoms with Crippen LogP contribution in [0.25, 0.3) is 0 Å². The highest BCUT2D eigenvalue weighted by Crippen LogP contribution is 2.31. The Kier molecular flexibility index (Phi) is 3.42. The summed E-state index contributed by atoms with van der Waals surface area (Å²) >= 11 is 0.598. The number of rotatable bonds is 2. The van der Waals surface area contributed by atoms with Crippen LogP contribution in [0.3, 0.4) is 0 Å². The average Bonchev–Trinajstić information content (AvgIpc) is 2.29. The summed E-state index contributed by atoms with van der Waals surface area (Å²) in [6, 6.07) is 3.38. The first-order chi connectivity index (χ1) is 8.47. The van der Waals surface area contributed by atoms with E-state index in [4.69, 9.17) is 5.73 Å². The minimum Gasteiger partial charge on any atom is -0.381 e. The molecule has 0 aliphatic heterocycles. The molecular formula is C11H6F4N2S. The van der Waals surface area contributed by atoms with Gasteiger partial charge in [-0.3, -0.25) is 0 Å². The van der Waals surface area contributed by atoms with Crippen molar-refractivity contribution >= 4 is 17.6 Å². The van der Waals surface area contributed by atoms with Crippen LogP contribution in [0.15, 0.2) is 34.2 Å². The Labute approximate surface area is 104 Å². The SMILES string of the molecule is Nc1nc(Sc2ccc(F)cc2F)c(F)cc1F. The third-order valence-corrected chi connectivity index (χ3v) is 3.06. The van der Waals surface area contributed by atoms with Crippen LogP contribution in [0.5, 0.6) is 0 Å². The minimum absolute atomic E-state index is 0.0335. The van der Waals surface area contributed by atoms with E-state index in [0.717, 1.165) is 12.1 Å². The van der Waals surface area contributed by atoms with Gasteiger partial charge in [0.15, 0.2) is 17.5 Å². The molecule has 0 aliphatic carbocycles. The normalized spacial score (nSPS) is 10.7. The fraction of sp³-hybridized carbons (Fsp3) is 0. The van der Waals surface area contributed by atoms with E-state index in [1.165, 1.54) is 0 Å². The number of hydrogen-bond donors (Lipinski definition) is 1. The quantitative estimate of drug-likeness (QED) is 0.853. The number of nitrogens with zero attached hydrogens (tertiary/aromatic N) is 1. The Bertz CT molecular complexity index is 604. The average molecular weight is 274 g/mol. The molecule has 18 heavy (non-hydrogen) atoms. The molecule has 1 aromatic heterocycles. The fourth-order valence-corrected chi connectivity index (χ4v) is 2.00. The number of pyridine rings is 1. The van der Waals surface area contributed by atoms with Gasteiger partial charge >= 0.3 is 0 Å². The van der Waals surface area contributed by atoms with Gasteiger partial charge in [0.05, 0.1) is 0 Å². The predicted octanol–water partition coefficient (Wildman–Crippen LogP) is 3.37. The molecule has 1 heterocycles. The first kappa shape index (κ1) is 12.7. The van der Waals surface area contributed by atoms with E-state index in [0.29, 0.717) is 23.9 Å². The number of nitrogens with two attached hydrogens (primary N) is 1. The Morgan fingerprint density at radius 3 is 2.33 bits per heavy atom. The van der Waals surface area contributed by atoms with Crippen molar-refractivity contribution in [3.8, 4) is 0 Å². The van der Waals surface area contributed by atoms with Crippen LogP contribution < -0.4 is 5.73 Å². The van der Waals surface area contributed by atoms with Gasteiger partial charge in [0, 0.05) is 17.0 Å². The van der Waals surface area contributed by atoms with Crippen molar-refractivity contribution in [2.75, 3.05) is 5.73 Å². The second kappa shape index (κ2) is 4.85. The molecule has 1 aromatic carbocycles. The monoisotopic (exact) mass is 274 g/mol. The zero-order chi connectivity index (χ0) is 13.3. The van der Waals surface area contributed by atoms with E-state index in [1.54, 1.807) is 0 Å². The molecule has 0 aliphatic rings. The lowest BCUT2D eigenvalue weighted by Gasteiger charge is -2.05. The zero-order valence-electron chi connectivity index (χ0n) is 8.75. The van der Waals surface area contributed by atoms with E-state index in [2.05, 4.69) is 4.98 Å². The van der Waals surface area contributed by atoms with Gasteiger partial charge in [-0.25, -0.2) is 22.5 Å². The highest BCUT2D eigenvalue weighted by Gasteiger charge is 2.13. The van der Waals surface area contributed by atoms with Gasteiger partial charge in [0.2, 0.25) is 0 Å². The third kappa shape index (κ3) is 2.56. The molecule has 0 saturated carbocycles. The van der Waals surface area contributed by atoms with Crippen LogP contribution in [0.4, 0.5) is 23.4 Å². The summed E-state index contributed by atoms with van der Waals surface area (Å²) in [5.74, 6) is -4.04. The van der Waals surface area contributed by atoms with Crippen LogP contribution in [-0.2, 0) is 0 Å². The molecule has 0 spiro atoms. The maximum Gasteiger partial charge on any atom is 0.168 e. The van der Waals surface area contributed by atoms with Crippen LogP contribution in [0, 0.1) is 23.3 Å². The summed E-state index contributed by atoms with van der Waals surface area (Å²) in [6.45, 7) is 0. The van der Waals surface area contributed by atoms with Gasteiger partial charge in [-0.05, 0) is 12.1 Å². The summed E-state index contributed by atoms with van der Waals surface area (Å²) in [7, 11) is 0. The second-order valence-electron chi connectivity index (χ2n) is 3.32. The largest absolute Gasteiger partial charge is 0.381 e. The van der Waals surface area contributed by atoms with Crippen molar-refractivity contribution in [3.63, 3.8) is 0 Å². The number of anilines is 1. The maximum absolute atomic E-state index is 13.4. The first-order valence-electron chi connectivity index (χ1n) is 4.72. The molecule has 2 aromatic rings. The number of nitrogen functional groups attached to an aromatic ring is 1. The molecular weight excluding hydrogens is 268 g/mol. The van der Waals surface area contributed by atoms with E-state index in [1.807, 2.05) is 0 Å². The number of aromatic nitrogens is 1. The summed E-state index contributed by atoms with van der Waals surface area (Å²) in [6.07, 6.45) is 0. The molecule has 0 bridgehead atoms. The van der Waals surface area contributed by atoms with E-state index in [-0.39, 0.29) is 9.92 Å². The van der Waals surface area contributed by atoms with Crippen molar-refractivity contribution < 1.29 is 17.6 Å². The van der Waals surface area contributed by atoms with Crippen LogP contribution in [-0.4, -0.2) is 4.98 Å². The summed E-state index contributed by atoms with van der Waals surface area (Å²) in [5.41, 5.74) is 5.19. The molecule has 94 valence electrons. The Balaban J connectivity index is 2.37. The van der Waals surface area contributed by atoms with Gasteiger partial charge < -0.3 is 5.73 Å². The van der Waals surface area contributed by atoms with Gasteiger partial charge in [-0.1, -0.05) is 11.8 Å². The van der Waals surface area contributed by atoms with Crippen molar-refractivity contribution in [1.29, 1.82) is 0 Å². The smallest absolute Gasteiger partial charge is 0.168 e. The highest BCUT2D eigenvalue weighted by atomic mass is 32.2. The van der Waals surface area contributed by atoms with Gasteiger partial charge in [0.25, 0.3) is 0 Å². The summed E-state index contributed by atoms with van der Waals surface area (Å²) in [4.78, 5) is 3.43.